The van der Waals surface area contributed by atoms with E-state index < -0.39 is 23.7 Å². The van der Waals surface area contributed by atoms with E-state index in [0.29, 0.717) is 49.1 Å². The van der Waals surface area contributed by atoms with Gasteiger partial charge in [0, 0.05) is 19.2 Å². The van der Waals surface area contributed by atoms with E-state index in [2.05, 4.69) is 5.32 Å². The normalized spacial score (nSPS) is 19.5. The van der Waals surface area contributed by atoms with Crippen LogP contribution in [0.1, 0.15) is 5.56 Å². The number of morpholine rings is 1. The first kappa shape index (κ1) is 20.0. The summed E-state index contributed by atoms with van der Waals surface area (Å²) in [6, 6.07) is 8.13. The minimum absolute atomic E-state index is 0.0363. The summed E-state index contributed by atoms with van der Waals surface area (Å²) in [4.78, 5) is 40.5. The number of hydrogen-bond acceptors (Lipinski definition) is 7. The molecule has 2 fully saturated rings. The number of barbiturate groups is 1. The minimum Gasteiger partial charge on any atom is -0.454 e. The average Bonchev–Trinajstić information content (AvgIpc) is 3.25. The molecule has 0 unspecified atom stereocenters. The van der Waals surface area contributed by atoms with Crippen LogP contribution in [0.4, 0.5) is 20.6 Å². The summed E-state index contributed by atoms with van der Waals surface area (Å²) in [5.74, 6) is -1.29. The summed E-state index contributed by atoms with van der Waals surface area (Å²) in [7, 11) is 0. The Labute approximate surface area is 181 Å². The van der Waals surface area contributed by atoms with Crippen LogP contribution in [0.15, 0.2) is 42.0 Å². The molecule has 0 bridgehead atoms. The summed E-state index contributed by atoms with van der Waals surface area (Å²) >= 11 is 0. The van der Waals surface area contributed by atoms with E-state index in [1.165, 1.54) is 24.3 Å². The number of fused-ring (bicyclic) bond motifs is 1. The van der Waals surface area contributed by atoms with Crippen LogP contribution in [-0.4, -0.2) is 50.9 Å². The quantitative estimate of drug-likeness (QED) is 0.578. The number of amides is 4. The molecule has 0 atom stereocenters. The molecule has 3 aliphatic heterocycles. The van der Waals surface area contributed by atoms with Gasteiger partial charge in [0.2, 0.25) is 6.79 Å². The van der Waals surface area contributed by atoms with Gasteiger partial charge in [-0.15, -0.1) is 0 Å². The Morgan fingerprint density at radius 2 is 1.75 bits per heavy atom. The number of halogens is 1. The molecule has 2 aromatic rings. The van der Waals surface area contributed by atoms with Crippen molar-refractivity contribution in [2.45, 2.75) is 0 Å². The minimum atomic E-state index is -0.884. The molecule has 0 aromatic heterocycles. The first-order chi connectivity index (χ1) is 15.5. The van der Waals surface area contributed by atoms with Crippen molar-refractivity contribution in [2.75, 3.05) is 42.9 Å². The highest BCUT2D eigenvalue weighted by Crippen LogP contribution is 2.36. The van der Waals surface area contributed by atoms with Crippen molar-refractivity contribution in [3.05, 3.63) is 53.4 Å². The summed E-state index contributed by atoms with van der Waals surface area (Å²) in [5, 5.41) is 2.15. The van der Waals surface area contributed by atoms with Crippen molar-refractivity contribution < 1.29 is 33.0 Å². The van der Waals surface area contributed by atoms with Crippen molar-refractivity contribution in [1.29, 1.82) is 0 Å². The average molecular weight is 439 g/mol. The maximum atomic E-state index is 14.7. The van der Waals surface area contributed by atoms with Gasteiger partial charge in [0.1, 0.15) is 11.4 Å². The predicted molar refractivity (Wildman–Crippen MR) is 111 cm³/mol. The smallest absolute Gasteiger partial charge is 0.335 e. The maximum absolute atomic E-state index is 14.7. The Morgan fingerprint density at radius 3 is 2.53 bits per heavy atom. The molecular formula is C22H18FN3O6. The predicted octanol–water partition coefficient (Wildman–Crippen LogP) is 2.06. The van der Waals surface area contributed by atoms with Crippen LogP contribution >= 0.6 is 0 Å². The molecule has 0 radical (unpaired) electrons. The fraction of sp³-hybridized carbons (Fsp3) is 0.227. The molecule has 10 heteroatoms. The van der Waals surface area contributed by atoms with Crippen LogP contribution in [0, 0.1) is 5.82 Å². The number of urea groups is 1. The van der Waals surface area contributed by atoms with E-state index in [0.717, 1.165) is 4.90 Å². The second-order valence-electron chi connectivity index (χ2n) is 7.31. The Kier molecular flexibility index (Phi) is 4.98. The maximum Gasteiger partial charge on any atom is 0.335 e. The van der Waals surface area contributed by atoms with Crippen molar-refractivity contribution in [1.82, 2.24) is 5.32 Å². The van der Waals surface area contributed by atoms with Crippen LogP contribution in [0.2, 0.25) is 0 Å². The molecule has 0 spiro atoms. The number of hydrogen-bond donors (Lipinski definition) is 1. The molecule has 2 aromatic carbocycles. The first-order valence-corrected chi connectivity index (χ1v) is 9.94. The van der Waals surface area contributed by atoms with Gasteiger partial charge in [0.05, 0.1) is 24.6 Å². The standard InChI is InChI=1S/C22H18FN3O6/c23-16-10-13(1-3-17(16)25-5-7-30-8-6-25)9-15-20(27)24-22(29)26(21(15)28)14-2-4-18-19(11-14)32-12-31-18/h1-4,9-11H,5-8,12H2,(H,24,27,29). The van der Waals surface area contributed by atoms with E-state index in [1.807, 2.05) is 4.90 Å². The summed E-state index contributed by atoms with van der Waals surface area (Å²) in [6.45, 7) is 2.22. The van der Waals surface area contributed by atoms with Crippen LogP contribution in [0.5, 0.6) is 11.5 Å². The van der Waals surface area contributed by atoms with Crippen molar-refractivity contribution in [3.8, 4) is 11.5 Å². The number of carbonyl (C=O) groups excluding carboxylic acids is 3. The number of carbonyl (C=O) groups is 3. The van der Waals surface area contributed by atoms with Gasteiger partial charge in [0.25, 0.3) is 11.8 Å². The van der Waals surface area contributed by atoms with Crippen molar-refractivity contribution in [2.24, 2.45) is 0 Å². The number of benzene rings is 2. The van der Waals surface area contributed by atoms with Gasteiger partial charge in [-0.25, -0.2) is 14.1 Å². The number of nitrogens with zero attached hydrogens (tertiary/aromatic N) is 2. The topological polar surface area (TPSA) is 97.4 Å². The third-order valence-corrected chi connectivity index (χ3v) is 5.35. The zero-order chi connectivity index (χ0) is 22.2. The summed E-state index contributed by atoms with van der Waals surface area (Å²) < 4.78 is 30.5. The Morgan fingerprint density at radius 1 is 0.969 bits per heavy atom. The van der Waals surface area contributed by atoms with Gasteiger partial charge < -0.3 is 19.1 Å². The highest BCUT2D eigenvalue weighted by atomic mass is 19.1. The molecule has 5 rings (SSSR count). The monoisotopic (exact) mass is 439 g/mol. The van der Waals surface area contributed by atoms with E-state index in [9.17, 15) is 18.8 Å². The molecule has 0 saturated carbocycles. The van der Waals surface area contributed by atoms with E-state index >= 15 is 0 Å². The molecule has 2 saturated heterocycles. The largest absolute Gasteiger partial charge is 0.454 e. The van der Waals surface area contributed by atoms with Gasteiger partial charge in [-0.3, -0.25) is 14.9 Å². The van der Waals surface area contributed by atoms with Gasteiger partial charge in [0.15, 0.2) is 11.5 Å². The van der Waals surface area contributed by atoms with E-state index in [-0.39, 0.29) is 18.1 Å². The van der Waals surface area contributed by atoms with Crippen molar-refractivity contribution >= 4 is 35.3 Å². The molecular weight excluding hydrogens is 421 g/mol. The van der Waals surface area contributed by atoms with Crippen LogP contribution in [0.25, 0.3) is 6.08 Å². The molecule has 164 valence electrons. The van der Waals surface area contributed by atoms with E-state index in [1.54, 1.807) is 18.2 Å². The number of rotatable bonds is 3. The molecule has 3 aliphatic rings. The molecule has 3 heterocycles. The highest BCUT2D eigenvalue weighted by Gasteiger charge is 2.37. The fourth-order valence-corrected chi connectivity index (χ4v) is 3.76. The molecule has 32 heavy (non-hydrogen) atoms. The number of anilines is 2. The van der Waals surface area contributed by atoms with E-state index in [4.69, 9.17) is 14.2 Å². The summed E-state index contributed by atoms with van der Waals surface area (Å²) in [5.41, 5.74) is 0.662. The van der Waals surface area contributed by atoms with Crippen LogP contribution in [0.3, 0.4) is 0 Å². The number of ether oxygens (including phenoxy) is 3. The highest BCUT2D eigenvalue weighted by molar-refractivity contribution is 6.39. The van der Waals surface area contributed by atoms with Crippen LogP contribution in [-0.2, 0) is 14.3 Å². The zero-order valence-electron chi connectivity index (χ0n) is 16.8. The Bertz CT molecular complexity index is 1160. The number of nitrogens with one attached hydrogen (secondary N) is 1. The van der Waals surface area contributed by atoms with Crippen molar-refractivity contribution in [3.63, 3.8) is 0 Å². The lowest BCUT2D eigenvalue weighted by Crippen LogP contribution is -2.54. The van der Waals surface area contributed by atoms with Gasteiger partial charge in [-0.05, 0) is 35.9 Å². The van der Waals surface area contributed by atoms with Gasteiger partial charge >= 0.3 is 6.03 Å². The second-order valence-corrected chi connectivity index (χ2v) is 7.31. The van der Waals surface area contributed by atoms with Gasteiger partial charge in [-0.1, -0.05) is 6.07 Å². The third-order valence-electron chi connectivity index (χ3n) is 5.35. The van der Waals surface area contributed by atoms with Gasteiger partial charge in [-0.2, -0.15) is 0 Å². The molecule has 9 nitrogen and oxygen atoms in total. The fourth-order valence-electron chi connectivity index (χ4n) is 3.76. The first-order valence-electron chi connectivity index (χ1n) is 9.94. The zero-order valence-corrected chi connectivity index (χ0v) is 16.8. The lowest BCUT2D eigenvalue weighted by Gasteiger charge is -2.29. The Hall–Kier alpha value is -3.92. The molecule has 4 amide bonds. The third kappa shape index (κ3) is 3.54. The second kappa shape index (κ2) is 7.97. The summed E-state index contributed by atoms with van der Waals surface area (Å²) in [6.07, 6.45) is 1.26. The lowest BCUT2D eigenvalue weighted by molar-refractivity contribution is -0.122. The van der Waals surface area contributed by atoms with Crippen LogP contribution < -0.4 is 24.6 Å². The molecule has 1 N–H and O–H groups in total. The number of imide groups is 2. The Balaban J connectivity index is 1.44. The molecule has 0 aliphatic carbocycles. The lowest BCUT2D eigenvalue weighted by atomic mass is 10.1. The SMILES string of the molecule is O=C1NC(=O)N(c2ccc3c(c2)OCO3)C(=O)C1=Cc1ccc(N2CCOCC2)c(F)c1.